The zero-order valence-electron chi connectivity index (χ0n) is 8.13. The van der Waals surface area contributed by atoms with E-state index in [-0.39, 0.29) is 0 Å². The summed E-state index contributed by atoms with van der Waals surface area (Å²) in [6, 6.07) is 5.12. The first-order valence-corrected chi connectivity index (χ1v) is 4.83. The lowest BCUT2D eigenvalue weighted by Gasteiger charge is -2.06. The van der Waals surface area contributed by atoms with E-state index in [2.05, 4.69) is 10.1 Å². The molecule has 0 aliphatic heterocycles. The van der Waals surface area contributed by atoms with Crippen molar-refractivity contribution in [3.8, 4) is 0 Å². The second-order valence-corrected chi connectivity index (χ2v) is 3.65. The molecule has 1 N–H and O–H groups in total. The van der Waals surface area contributed by atoms with Crippen LogP contribution < -0.4 is 0 Å². The third-order valence-corrected chi connectivity index (χ3v) is 2.27. The summed E-state index contributed by atoms with van der Waals surface area (Å²) in [7, 11) is 1.80. The molecule has 0 radical (unpaired) electrons. The van der Waals surface area contributed by atoms with Gasteiger partial charge in [0.05, 0.1) is 16.4 Å². The van der Waals surface area contributed by atoms with Gasteiger partial charge in [-0.1, -0.05) is 11.6 Å². The molecule has 0 aliphatic carbocycles. The predicted octanol–water partition coefficient (Wildman–Crippen LogP) is 1.55. The molecular weight excluding hydrogens is 214 g/mol. The monoisotopic (exact) mass is 223 g/mol. The Kier molecular flexibility index (Phi) is 2.70. The van der Waals surface area contributed by atoms with Crippen LogP contribution in [0, 0.1) is 0 Å². The van der Waals surface area contributed by atoms with E-state index in [9.17, 15) is 5.11 Å². The number of nitrogens with zero attached hydrogens (tertiary/aromatic N) is 3. The lowest BCUT2D eigenvalue weighted by atomic mass is 10.2. The molecule has 2 aromatic rings. The van der Waals surface area contributed by atoms with Gasteiger partial charge < -0.3 is 5.11 Å². The minimum Gasteiger partial charge on any atom is -0.380 e. The fraction of sp³-hybridized carbons (Fsp3) is 0.200. The Balaban J connectivity index is 2.28. The van der Waals surface area contributed by atoms with E-state index in [0.29, 0.717) is 16.4 Å². The van der Waals surface area contributed by atoms with Crippen LogP contribution >= 0.6 is 11.6 Å². The molecule has 2 aromatic heterocycles. The Morgan fingerprint density at radius 1 is 1.33 bits per heavy atom. The Morgan fingerprint density at radius 3 is 2.67 bits per heavy atom. The average molecular weight is 224 g/mol. The van der Waals surface area contributed by atoms with Gasteiger partial charge in [-0.15, -0.1) is 0 Å². The van der Waals surface area contributed by atoms with Crippen molar-refractivity contribution in [2.24, 2.45) is 7.05 Å². The molecule has 0 amide bonds. The number of aryl methyl sites for hydroxylation is 1. The minimum absolute atomic E-state index is 0.540. The van der Waals surface area contributed by atoms with Gasteiger partial charge in [0.25, 0.3) is 0 Å². The highest BCUT2D eigenvalue weighted by Crippen LogP contribution is 2.19. The third kappa shape index (κ3) is 2.16. The van der Waals surface area contributed by atoms with E-state index < -0.39 is 6.10 Å². The summed E-state index contributed by atoms with van der Waals surface area (Å²) in [4.78, 5) is 4.03. The Hall–Kier alpha value is -1.39. The van der Waals surface area contributed by atoms with Gasteiger partial charge in [-0.05, 0) is 18.2 Å². The molecule has 2 heterocycles. The smallest absolute Gasteiger partial charge is 0.140 e. The molecule has 0 fully saturated rings. The van der Waals surface area contributed by atoms with Crippen LogP contribution in [0.15, 0.2) is 30.6 Å². The largest absolute Gasteiger partial charge is 0.380 e. The number of rotatable bonds is 2. The maximum absolute atomic E-state index is 9.91. The van der Waals surface area contributed by atoms with Gasteiger partial charge in [0, 0.05) is 19.4 Å². The summed E-state index contributed by atoms with van der Waals surface area (Å²) < 4.78 is 1.63. The summed E-state index contributed by atoms with van der Waals surface area (Å²) in [6.45, 7) is 0. The van der Waals surface area contributed by atoms with Gasteiger partial charge in [0.15, 0.2) is 0 Å². The standard InChI is InChI=1S/C10H10ClN3O/c1-14-5-4-9(13-14)10(15)8-3-2-7(11)6-12-8/h2-6,10,15H,1H3. The minimum atomic E-state index is -0.802. The first-order chi connectivity index (χ1) is 7.16. The molecule has 15 heavy (non-hydrogen) atoms. The van der Waals surface area contributed by atoms with Crippen LogP contribution in [0.3, 0.4) is 0 Å². The van der Waals surface area contributed by atoms with Gasteiger partial charge in [-0.3, -0.25) is 9.67 Å². The van der Waals surface area contributed by atoms with Gasteiger partial charge in [-0.25, -0.2) is 0 Å². The second kappa shape index (κ2) is 4.00. The molecule has 4 nitrogen and oxygen atoms in total. The molecule has 5 heteroatoms. The normalized spacial score (nSPS) is 12.7. The molecule has 2 rings (SSSR count). The maximum atomic E-state index is 9.91. The summed E-state index contributed by atoms with van der Waals surface area (Å²) in [5, 5.41) is 14.6. The highest BCUT2D eigenvalue weighted by molar-refractivity contribution is 6.30. The van der Waals surface area contributed by atoms with E-state index >= 15 is 0 Å². The van der Waals surface area contributed by atoms with E-state index in [1.54, 1.807) is 36.1 Å². The van der Waals surface area contributed by atoms with Gasteiger partial charge in [0.1, 0.15) is 6.10 Å². The van der Waals surface area contributed by atoms with Crippen molar-refractivity contribution in [3.63, 3.8) is 0 Å². The van der Waals surface area contributed by atoms with E-state index in [4.69, 9.17) is 11.6 Å². The SMILES string of the molecule is Cn1ccc(C(O)c2ccc(Cl)cn2)n1. The first kappa shape index (κ1) is 10.1. The van der Waals surface area contributed by atoms with E-state index in [1.807, 2.05) is 0 Å². The van der Waals surface area contributed by atoms with Crippen LogP contribution in [0.5, 0.6) is 0 Å². The molecule has 1 unspecified atom stereocenters. The van der Waals surface area contributed by atoms with Crippen LogP contribution in [-0.2, 0) is 7.05 Å². The van der Waals surface area contributed by atoms with Gasteiger partial charge >= 0.3 is 0 Å². The number of aliphatic hydroxyl groups excluding tert-OH is 1. The van der Waals surface area contributed by atoms with Crippen LogP contribution in [0.25, 0.3) is 0 Å². The van der Waals surface area contributed by atoms with Crippen LogP contribution in [0.4, 0.5) is 0 Å². The number of halogens is 1. The van der Waals surface area contributed by atoms with E-state index in [1.165, 1.54) is 6.20 Å². The quantitative estimate of drug-likeness (QED) is 0.841. The van der Waals surface area contributed by atoms with Gasteiger partial charge in [0.2, 0.25) is 0 Å². The average Bonchev–Trinajstić information content (AvgIpc) is 2.65. The van der Waals surface area contributed by atoms with Crippen molar-refractivity contribution < 1.29 is 5.11 Å². The molecule has 0 saturated heterocycles. The molecule has 0 aromatic carbocycles. The third-order valence-electron chi connectivity index (χ3n) is 2.04. The molecule has 0 aliphatic rings. The Bertz CT molecular complexity index is 452. The molecule has 0 spiro atoms. The van der Waals surface area contributed by atoms with Crippen molar-refractivity contribution in [1.29, 1.82) is 0 Å². The zero-order valence-corrected chi connectivity index (χ0v) is 8.89. The molecule has 0 saturated carbocycles. The van der Waals surface area contributed by atoms with Crippen molar-refractivity contribution >= 4 is 11.6 Å². The summed E-state index contributed by atoms with van der Waals surface area (Å²) in [6.07, 6.45) is 2.47. The Labute approximate surface area is 92.1 Å². The second-order valence-electron chi connectivity index (χ2n) is 3.22. The van der Waals surface area contributed by atoms with Crippen molar-refractivity contribution in [3.05, 3.63) is 47.0 Å². The van der Waals surface area contributed by atoms with Crippen molar-refractivity contribution in [1.82, 2.24) is 14.8 Å². The van der Waals surface area contributed by atoms with Crippen LogP contribution in [-0.4, -0.2) is 19.9 Å². The summed E-state index contributed by atoms with van der Waals surface area (Å²) >= 11 is 5.70. The molecule has 78 valence electrons. The summed E-state index contributed by atoms with van der Waals surface area (Å²) in [5.41, 5.74) is 1.12. The Morgan fingerprint density at radius 2 is 2.13 bits per heavy atom. The fourth-order valence-corrected chi connectivity index (χ4v) is 1.39. The fourth-order valence-electron chi connectivity index (χ4n) is 1.28. The summed E-state index contributed by atoms with van der Waals surface area (Å²) in [5.74, 6) is 0. The van der Waals surface area contributed by atoms with Crippen LogP contribution in [0.2, 0.25) is 5.02 Å². The number of hydrogen-bond donors (Lipinski definition) is 1. The van der Waals surface area contributed by atoms with Crippen LogP contribution in [0.1, 0.15) is 17.5 Å². The zero-order chi connectivity index (χ0) is 10.8. The number of aromatic nitrogens is 3. The topological polar surface area (TPSA) is 50.9 Å². The van der Waals surface area contributed by atoms with E-state index in [0.717, 1.165) is 0 Å². The number of pyridine rings is 1. The highest BCUT2D eigenvalue weighted by Gasteiger charge is 2.13. The molecular formula is C10H10ClN3O. The van der Waals surface area contributed by atoms with Crippen molar-refractivity contribution in [2.45, 2.75) is 6.10 Å². The molecule has 1 atom stereocenters. The number of aliphatic hydroxyl groups is 1. The maximum Gasteiger partial charge on any atom is 0.140 e. The lowest BCUT2D eigenvalue weighted by Crippen LogP contribution is -2.03. The molecule has 0 bridgehead atoms. The predicted molar refractivity (Wildman–Crippen MR) is 56.5 cm³/mol. The first-order valence-electron chi connectivity index (χ1n) is 4.46. The lowest BCUT2D eigenvalue weighted by molar-refractivity contribution is 0.209. The number of hydrogen-bond acceptors (Lipinski definition) is 3. The van der Waals surface area contributed by atoms with Gasteiger partial charge in [-0.2, -0.15) is 5.10 Å². The highest BCUT2D eigenvalue weighted by atomic mass is 35.5. The van der Waals surface area contributed by atoms with Crippen molar-refractivity contribution in [2.75, 3.05) is 0 Å².